The molecule has 0 saturated heterocycles. The van der Waals surface area contributed by atoms with Crippen molar-refractivity contribution in [2.45, 2.75) is 13.3 Å². The number of phenolic OH excluding ortho intramolecular Hbond substituents is 2. The SMILES string of the molecule is CCCOC(=O)c1c(C(=O)c2ccccc2)c(O)c(O)c(OC(=O)c2ccccc2)c1C(=O)c1ccccc1. The molecule has 2 N–H and O–H groups in total. The first kappa shape index (κ1) is 26.8. The lowest BCUT2D eigenvalue weighted by atomic mass is 9.88. The minimum absolute atomic E-state index is 0.0580. The van der Waals surface area contributed by atoms with E-state index in [-0.39, 0.29) is 23.3 Å². The lowest BCUT2D eigenvalue weighted by Gasteiger charge is -2.20. The molecule has 0 aliphatic carbocycles. The van der Waals surface area contributed by atoms with Crippen molar-refractivity contribution in [2.75, 3.05) is 6.61 Å². The van der Waals surface area contributed by atoms with Crippen LogP contribution >= 0.6 is 0 Å². The monoisotopic (exact) mass is 524 g/mol. The molecule has 196 valence electrons. The van der Waals surface area contributed by atoms with Crippen molar-refractivity contribution >= 4 is 23.5 Å². The molecule has 0 atom stereocenters. The van der Waals surface area contributed by atoms with Crippen molar-refractivity contribution in [3.63, 3.8) is 0 Å². The number of ether oxygens (including phenoxy) is 2. The van der Waals surface area contributed by atoms with E-state index in [1.807, 2.05) is 0 Å². The van der Waals surface area contributed by atoms with Crippen molar-refractivity contribution in [2.24, 2.45) is 0 Å². The third kappa shape index (κ3) is 5.55. The maximum atomic E-state index is 13.9. The molecule has 0 bridgehead atoms. The molecule has 0 aromatic heterocycles. The second kappa shape index (κ2) is 11.9. The molecule has 0 unspecified atom stereocenters. The van der Waals surface area contributed by atoms with Crippen LogP contribution in [0.25, 0.3) is 0 Å². The van der Waals surface area contributed by atoms with E-state index < -0.39 is 57.4 Å². The number of benzene rings is 4. The first-order valence-electron chi connectivity index (χ1n) is 12.1. The summed E-state index contributed by atoms with van der Waals surface area (Å²) in [5.74, 6) is -6.63. The van der Waals surface area contributed by atoms with Gasteiger partial charge >= 0.3 is 11.9 Å². The van der Waals surface area contributed by atoms with Gasteiger partial charge in [0, 0.05) is 11.1 Å². The van der Waals surface area contributed by atoms with Gasteiger partial charge in [0.25, 0.3) is 0 Å². The Balaban J connectivity index is 2.04. The molecule has 0 spiro atoms. The number of rotatable bonds is 9. The van der Waals surface area contributed by atoms with Crippen LogP contribution in [-0.2, 0) is 4.74 Å². The quantitative estimate of drug-likeness (QED) is 0.130. The summed E-state index contributed by atoms with van der Waals surface area (Å²) in [5.41, 5.74) is -1.66. The zero-order valence-electron chi connectivity index (χ0n) is 20.9. The fourth-order valence-electron chi connectivity index (χ4n) is 3.90. The summed E-state index contributed by atoms with van der Waals surface area (Å²) in [7, 11) is 0. The third-order valence-electron chi connectivity index (χ3n) is 5.77. The topological polar surface area (TPSA) is 127 Å². The van der Waals surface area contributed by atoms with Gasteiger partial charge in [-0.3, -0.25) is 9.59 Å². The summed E-state index contributed by atoms with van der Waals surface area (Å²) in [4.78, 5) is 53.8. The second-order valence-electron chi connectivity index (χ2n) is 8.43. The lowest BCUT2D eigenvalue weighted by molar-refractivity contribution is 0.0496. The Morgan fingerprint density at radius 1 is 0.590 bits per heavy atom. The Hall–Kier alpha value is -5.24. The number of carbonyl (C=O) groups excluding carboxylic acids is 4. The molecule has 0 amide bonds. The van der Waals surface area contributed by atoms with Crippen LogP contribution in [0.4, 0.5) is 0 Å². The Bertz CT molecular complexity index is 1530. The van der Waals surface area contributed by atoms with E-state index in [4.69, 9.17) is 9.47 Å². The van der Waals surface area contributed by atoms with Crippen LogP contribution in [-0.4, -0.2) is 40.3 Å². The predicted molar refractivity (Wildman–Crippen MR) is 141 cm³/mol. The van der Waals surface area contributed by atoms with Crippen molar-refractivity contribution in [3.05, 3.63) is 124 Å². The Morgan fingerprint density at radius 2 is 1.05 bits per heavy atom. The summed E-state index contributed by atoms with van der Waals surface area (Å²) in [6.07, 6.45) is 0.426. The van der Waals surface area contributed by atoms with E-state index in [2.05, 4.69) is 0 Å². The average Bonchev–Trinajstić information content (AvgIpc) is 2.98. The summed E-state index contributed by atoms with van der Waals surface area (Å²) in [6, 6.07) is 23.2. The molecule has 4 rings (SSSR count). The third-order valence-corrected chi connectivity index (χ3v) is 5.77. The molecule has 8 nitrogen and oxygen atoms in total. The molecule has 0 heterocycles. The highest BCUT2D eigenvalue weighted by Crippen LogP contribution is 2.46. The van der Waals surface area contributed by atoms with E-state index in [9.17, 15) is 29.4 Å². The normalized spacial score (nSPS) is 10.5. The fourth-order valence-corrected chi connectivity index (χ4v) is 3.90. The van der Waals surface area contributed by atoms with E-state index >= 15 is 0 Å². The van der Waals surface area contributed by atoms with Crippen molar-refractivity contribution in [1.29, 1.82) is 0 Å². The molecule has 4 aromatic carbocycles. The molecule has 0 fully saturated rings. The second-order valence-corrected chi connectivity index (χ2v) is 8.43. The molecule has 39 heavy (non-hydrogen) atoms. The largest absolute Gasteiger partial charge is 0.504 e. The van der Waals surface area contributed by atoms with E-state index in [0.29, 0.717) is 6.42 Å². The van der Waals surface area contributed by atoms with Crippen LogP contribution in [0, 0.1) is 0 Å². The number of carbonyl (C=O) groups is 4. The zero-order chi connectivity index (χ0) is 27.9. The smallest absolute Gasteiger partial charge is 0.343 e. The van der Waals surface area contributed by atoms with Crippen LogP contribution in [0.2, 0.25) is 0 Å². The number of hydrogen-bond acceptors (Lipinski definition) is 8. The number of hydrogen-bond donors (Lipinski definition) is 2. The van der Waals surface area contributed by atoms with Crippen LogP contribution < -0.4 is 4.74 Å². The standard InChI is InChI=1S/C31H24O8/c1-2-18-38-31(37)22-23(25(32)19-12-6-3-7-13-19)27(34)28(35)29(39-30(36)21-16-10-5-11-17-21)24(22)26(33)20-14-8-4-9-15-20/h3-17,34-35H,2,18H2,1H3. The Kier molecular flexibility index (Phi) is 8.16. The summed E-state index contributed by atoms with van der Waals surface area (Å²) in [6.45, 7) is 1.69. The minimum atomic E-state index is -1.11. The average molecular weight is 525 g/mol. The minimum Gasteiger partial charge on any atom is -0.504 e. The van der Waals surface area contributed by atoms with Gasteiger partial charge in [-0.25, -0.2) is 9.59 Å². The van der Waals surface area contributed by atoms with Gasteiger partial charge in [0.1, 0.15) is 0 Å². The number of phenols is 2. The van der Waals surface area contributed by atoms with Crippen LogP contribution in [0.15, 0.2) is 91.0 Å². The van der Waals surface area contributed by atoms with Crippen molar-refractivity contribution in [1.82, 2.24) is 0 Å². The van der Waals surface area contributed by atoms with E-state index in [1.165, 1.54) is 36.4 Å². The molecule has 0 aliphatic heterocycles. The molecule has 8 heteroatoms. The highest BCUT2D eigenvalue weighted by Gasteiger charge is 2.37. The molecular formula is C31H24O8. The lowest BCUT2D eigenvalue weighted by Crippen LogP contribution is -2.21. The Morgan fingerprint density at radius 3 is 1.54 bits per heavy atom. The van der Waals surface area contributed by atoms with Gasteiger partial charge in [0.15, 0.2) is 23.1 Å². The van der Waals surface area contributed by atoms with Crippen LogP contribution in [0.3, 0.4) is 0 Å². The summed E-state index contributed by atoms with van der Waals surface area (Å²) >= 11 is 0. The Labute approximate surface area is 224 Å². The highest BCUT2D eigenvalue weighted by molar-refractivity contribution is 6.24. The van der Waals surface area contributed by atoms with Gasteiger partial charge in [-0.05, 0) is 18.6 Å². The first-order valence-corrected chi connectivity index (χ1v) is 12.1. The number of ketones is 2. The predicted octanol–water partition coefficient (Wildman–Crippen LogP) is 5.35. The fraction of sp³-hybridized carbons (Fsp3) is 0.0968. The maximum Gasteiger partial charge on any atom is 0.343 e. The molecule has 0 aliphatic rings. The maximum absolute atomic E-state index is 13.9. The van der Waals surface area contributed by atoms with Crippen LogP contribution in [0.5, 0.6) is 17.2 Å². The molecule has 4 aromatic rings. The van der Waals surface area contributed by atoms with E-state index in [1.54, 1.807) is 61.5 Å². The number of aromatic hydroxyl groups is 2. The highest BCUT2D eigenvalue weighted by atomic mass is 16.5. The van der Waals surface area contributed by atoms with Gasteiger partial charge in [-0.2, -0.15) is 0 Å². The van der Waals surface area contributed by atoms with Gasteiger partial charge in [0.2, 0.25) is 5.75 Å². The zero-order valence-corrected chi connectivity index (χ0v) is 20.9. The van der Waals surface area contributed by atoms with Crippen LogP contribution in [0.1, 0.15) is 65.9 Å². The first-order chi connectivity index (χ1) is 18.8. The number of esters is 2. The van der Waals surface area contributed by atoms with E-state index in [0.717, 1.165) is 0 Å². The van der Waals surface area contributed by atoms with Gasteiger partial charge in [-0.15, -0.1) is 0 Å². The molecular weight excluding hydrogens is 500 g/mol. The summed E-state index contributed by atoms with van der Waals surface area (Å²) < 4.78 is 10.7. The van der Waals surface area contributed by atoms with Gasteiger partial charge < -0.3 is 19.7 Å². The molecule has 0 radical (unpaired) electrons. The van der Waals surface area contributed by atoms with Gasteiger partial charge in [0.05, 0.1) is 28.9 Å². The van der Waals surface area contributed by atoms with Crippen molar-refractivity contribution in [3.8, 4) is 17.2 Å². The van der Waals surface area contributed by atoms with Crippen molar-refractivity contribution < 1.29 is 38.9 Å². The summed E-state index contributed by atoms with van der Waals surface area (Å²) in [5, 5.41) is 22.1. The molecule has 0 saturated carbocycles. The van der Waals surface area contributed by atoms with Gasteiger partial charge in [-0.1, -0.05) is 85.8 Å².